The molecule has 1 rings (SSSR count). The smallest absolute Gasteiger partial charge is 0.220 e. The van der Waals surface area contributed by atoms with Crippen LogP contribution in [0.4, 0.5) is 0 Å². The highest BCUT2D eigenvalue weighted by Gasteiger charge is 2.20. The van der Waals surface area contributed by atoms with E-state index in [1.54, 1.807) is 6.92 Å². The first-order valence-electron chi connectivity index (χ1n) is 7.02. The molecule has 1 unspecified atom stereocenters. The molecule has 2 N–H and O–H groups in total. The SMILES string of the molecule is CCCC(C)(O)CNC(=O)CCC1CCCC1. The number of carbonyl (C=O) groups is 1. The molecule has 0 aromatic rings. The van der Waals surface area contributed by atoms with Crippen molar-refractivity contribution in [3.05, 3.63) is 0 Å². The second kappa shape index (κ2) is 7.00. The molecule has 0 heterocycles. The number of hydrogen-bond acceptors (Lipinski definition) is 2. The van der Waals surface area contributed by atoms with Crippen LogP contribution in [0.25, 0.3) is 0 Å². The summed E-state index contributed by atoms with van der Waals surface area (Å²) in [6.07, 6.45) is 8.55. The number of carbonyl (C=O) groups excluding carboxylic acids is 1. The molecule has 1 aliphatic rings. The lowest BCUT2D eigenvalue weighted by Gasteiger charge is -2.23. The number of rotatable bonds is 7. The van der Waals surface area contributed by atoms with E-state index in [0.717, 1.165) is 25.2 Å². The molecule has 1 fully saturated rings. The summed E-state index contributed by atoms with van der Waals surface area (Å²) in [4.78, 5) is 11.6. The van der Waals surface area contributed by atoms with Crippen molar-refractivity contribution in [2.24, 2.45) is 5.92 Å². The molecule has 17 heavy (non-hydrogen) atoms. The summed E-state index contributed by atoms with van der Waals surface area (Å²) in [6.45, 7) is 4.20. The minimum absolute atomic E-state index is 0.0910. The lowest BCUT2D eigenvalue weighted by atomic mass is 10.00. The van der Waals surface area contributed by atoms with Gasteiger partial charge in [-0.1, -0.05) is 39.0 Å². The minimum atomic E-state index is -0.752. The van der Waals surface area contributed by atoms with Crippen molar-refractivity contribution in [3.8, 4) is 0 Å². The van der Waals surface area contributed by atoms with Crippen LogP contribution in [0.3, 0.4) is 0 Å². The summed E-state index contributed by atoms with van der Waals surface area (Å²) in [5, 5.41) is 12.8. The van der Waals surface area contributed by atoms with Crippen molar-refractivity contribution in [3.63, 3.8) is 0 Å². The maximum atomic E-state index is 11.6. The normalized spacial score (nSPS) is 20.2. The number of nitrogens with one attached hydrogen (secondary N) is 1. The van der Waals surface area contributed by atoms with Crippen molar-refractivity contribution < 1.29 is 9.90 Å². The van der Waals surface area contributed by atoms with E-state index >= 15 is 0 Å². The average molecular weight is 241 g/mol. The Morgan fingerprint density at radius 2 is 2.06 bits per heavy atom. The van der Waals surface area contributed by atoms with E-state index in [1.807, 2.05) is 6.92 Å². The molecule has 1 atom stereocenters. The van der Waals surface area contributed by atoms with Crippen LogP contribution in [0, 0.1) is 5.92 Å². The topological polar surface area (TPSA) is 49.3 Å². The Balaban J connectivity index is 2.11. The number of amides is 1. The monoisotopic (exact) mass is 241 g/mol. The molecule has 0 aromatic carbocycles. The van der Waals surface area contributed by atoms with E-state index in [-0.39, 0.29) is 5.91 Å². The van der Waals surface area contributed by atoms with Gasteiger partial charge in [-0.3, -0.25) is 4.79 Å². The first-order valence-corrected chi connectivity index (χ1v) is 7.02. The second-order valence-electron chi connectivity index (χ2n) is 5.71. The summed E-state index contributed by atoms with van der Waals surface area (Å²) in [5.41, 5.74) is -0.752. The standard InChI is InChI=1S/C14H27NO2/c1-3-10-14(2,17)11-15-13(16)9-8-12-6-4-5-7-12/h12,17H,3-11H2,1-2H3,(H,15,16). The van der Waals surface area contributed by atoms with Crippen LogP contribution in [0.15, 0.2) is 0 Å². The maximum Gasteiger partial charge on any atom is 0.220 e. The minimum Gasteiger partial charge on any atom is -0.388 e. The molecule has 1 saturated carbocycles. The fourth-order valence-electron chi connectivity index (χ4n) is 2.64. The molecule has 0 aromatic heterocycles. The van der Waals surface area contributed by atoms with Crippen molar-refractivity contribution in [1.82, 2.24) is 5.32 Å². The molecule has 3 nitrogen and oxygen atoms in total. The van der Waals surface area contributed by atoms with Gasteiger partial charge in [0.25, 0.3) is 0 Å². The molecule has 0 bridgehead atoms. The van der Waals surface area contributed by atoms with Crippen molar-refractivity contribution in [2.45, 2.75) is 70.8 Å². The van der Waals surface area contributed by atoms with Crippen LogP contribution < -0.4 is 5.32 Å². The molecule has 0 aliphatic heterocycles. The molecular formula is C14H27NO2. The van der Waals surface area contributed by atoms with Gasteiger partial charge in [0.15, 0.2) is 0 Å². The Bertz CT molecular complexity index is 232. The average Bonchev–Trinajstić information content (AvgIpc) is 2.76. The fraction of sp³-hybridized carbons (Fsp3) is 0.929. The van der Waals surface area contributed by atoms with E-state index in [9.17, 15) is 9.90 Å². The number of aliphatic hydroxyl groups is 1. The Morgan fingerprint density at radius 1 is 1.41 bits per heavy atom. The van der Waals surface area contributed by atoms with Crippen molar-refractivity contribution >= 4 is 5.91 Å². The van der Waals surface area contributed by atoms with Gasteiger partial charge in [0, 0.05) is 13.0 Å². The summed E-state index contributed by atoms with van der Waals surface area (Å²) in [7, 11) is 0. The molecule has 1 amide bonds. The summed E-state index contributed by atoms with van der Waals surface area (Å²) in [5.74, 6) is 0.852. The van der Waals surface area contributed by atoms with E-state index < -0.39 is 5.60 Å². The molecule has 0 spiro atoms. The Kier molecular flexibility index (Phi) is 5.96. The quantitative estimate of drug-likeness (QED) is 0.720. The van der Waals surface area contributed by atoms with Crippen LogP contribution in [0.1, 0.15) is 65.2 Å². The van der Waals surface area contributed by atoms with Crippen LogP contribution in [0.5, 0.6) is 0 Å². The maximum absolute atomic E-state index is 11.6. The van der Waals surface area contributed by atoms with Gasteiger partial charge in [-0.2, -0.15) is 0 Å². The summed E-state index contributed by atoms with van der Waals surface area (Å²) >= 11 is 0. The van der Waals surface area contributed by atoms with Gasteiger partial charge in [-0.25, -0.2) is 0 Å². The highest BCUT2D eigenvalue weighted by Crippen LogP contribution is 2.28. The van der Waals surface area contributed by atoms with Gasteiger partial charge in [-0.15, -0.1) is 0 Å². The predicted octanol–water partition coefficient (Wildman–Crippen LogP) is 2.62. The van der Waals surface area contributed by atoms with Gasteiger partial charge in [0.1, 0.15) is 0 Å². The second-order valence-corrected chi connectivity index (χ2v) is 5.71. The zero-order valence-corrected chi connectivity index (χ0v) is 11.3. The zero-order valence-electron chi connectivity index (χ0n) is 11.3. The van der Waals surface area contributed by atoms with E-state index in [4.69, 9.17) is 0 Å². The highest BCUT2D eigenvalue weighted by atomic mass is 16.3. The third kappa shape index (κ3) is 6.06. The Morgan fingerprint density at radius 3 is 2.65 bits per heavy atom. The van der Waals surface area contributed by atoms with Gasteiger partial charge in [0.2, 0.25) is 5.91 Å². The molecule has 3 heteroatoms. The Labute approximate surface area is 105 Å². The molecule has 0 saturated heterocycles. The highest BCUT2D eigenvalue weighted by molar-refractivity contribution is 5.75. The molecule has 1 aliphatic carbocycles. The molecular weight excluding hydrogens is 214 g/mol. The van der Waals surface area contributed by atoms with Crippen molar-refractivity contribution in [1.29, 1.82) is 0 Å². The molecule has 0 radical (unpaired) electrons. The number of hydrogen-bond donors (Lipinski definition) is 2. The van der Waals surface area contributed by atoms with Gasteiger partial charge < -0.3 is 10.4 Å². The van der Waals surface area contributed by atoms with Gasteiger partial charge in [0.05, 0.1) is 5.60 Å². The van der Waals surface area contributed by atoms with Crippen molar-refractivity contribution in [2.75, 3.05) is 6.54 Å². The first-order chi connectivity index (χ1) is 8.03. The van der Waals surface area contributed by atoms with E-state index in [0.29, 0.717) is 13.0 Å². The van der Waals surface area contributed by atoms with Crippen LogP contribution in [0.2, 0.25) is 0 Å². The van der Waals surface area contributed by atoms with Crippen LogP contribution in [-0.4, -0.2) is 23.2 Å². The lowest BCUT2D eigenvalue weighted by molar-refractivity contribution is -0.122. The third-order valence-corrected chi connectivity index (χ3v) is 3.71. The molecule has 100 valence electrons. The summed E-state index contributed by atoms with van der Waals surface area (Å²) < 4.78 is 0. The van der Waals surface area contributed by atoms with E-state index in [1.165, 1.54) is 25.7 Å². The van der Waals surface area contributed by atoms with Crippen LogP contribution >= 0.6 is 0 Å². The largest absolute Gasteiger partial charge is 0.388 e. The van der Waals surface area contributed by atoms with Gasteiger partial charge >= 0.3 is 0 Å². The predicted molar refractivity (Wildman–Crippen MR) is 69.7 cm³/mol. The third-order valence-electron chi connectivity index (χ3n) is 3.71. The van der Waals surface area contributed by atoms with Crippen LogP contribution in [-0.2, 0) is 4.79 Å². The van der Waals surface area contributed by atoms with E-state index in [2.05, 4.69) is 5.32 Å². The first kappa shape index (κ1) is 14.5. The lowest BCUT2D eigenvalue weighted by Crippen LogP contribution is -2.40. The summed E-state index contributed by atoms with van der Waals surface area (Å²) in [6, 6.07) is 0. The zero-order chi connectivity index (χ0) is 12.7. The fourth-order valence-corrected chi connectivity index (χ4v) is 2.64. The Hall–Kier alpha value is -0.570. The van der Waals surface area contributed by atoms with Gasteiger partial charge in [-0.05, 0) is 25.7 Å².